The Kier molecular flexibility index (Phi) is 4.07. The van der Waals surface area contributed by atoms with Crippen LogP contribution in [0.25, 0.3) is 11.3 Å². The van der Waals surface area contributed by atoms with E-state index in [0.29, 0.717) is 5.13 Å². The number of urea groups is 1. The van der Waals surface area contributed by atoms with Gasteiger partial charge in [0.15, 0.2) is 5.13 Å². The Balaban J connectivity index is 1.64. The molecule has 4 amide bonds. The lowest BCUT2D eigenvalue weighted by Gasteiger charge is -2.10. The van der Waals surface area contributed by atoms with Crippen molar-refractivity contribution >= 4 is 34.3 Å². The van der Waals surface area contributed by atoms with Crippen molar-refractivity contribution < 1.29 is 14.4 Å². The first kappa shape index (κ1) is 15.2. The highest BCUT2D eigenvalue weighted by atomic mass is 32.1. The van der Waals surface area contributed by atoms with E-state index < -0.39 is 17.8 Å². The molecule has 2 aromatic rings. The van der Waals surface area contributed by atoms with Crippen LogP contribution >= 0.6 is 11.3 Å². The monoisotopic (exact) mass is 330 g/mol. The molecule has 0 unspecified atom stereocenters. The molecule has 1 aliphatic heterocycles. The highest BCUT2D eigenvalue weighted by Gasteiger charge is 2.30. The van der Waals surface area contributed by atoms with Gasteiger partial charge in [-0.25, -0.2) is 9.78 Å². The number of aromatic nitrogens is 1. The molecule has 2 heterocycles. The van der Waals surface area contributed by atoms with Gasteiger partial charge in [-0.05, 0) is 6.92 Å². The van der Waals surface area contributed by atoms with E-state index in [-0.39, 0.29) is 13.1 Å². The molecule has 1 aromatic heterocycles. The number of carbonyl (C=O) groups is 3. The van der Waals surface area contributed by atoms with E-state index in [9.17, 15) is 14.4 Å². The number of hydrogen-bond donors (Lipinski definition) is 2. The van der Waals surface area contributed by atoms with Crippen LogP contribution in [0.3, 0.4) is 0 Å². The number of nitrogens with one attached hydrogen (secondary N) is 2. The third kappa shape index (κ3) is 3.37. The van der Waals surface area contributed by atoms with Gasteiger partial charge in [-0.2, -0.15) is 0 Å². The van der Waals surface area contributed by atoms with Gasteiger partial charge in [0, 0.05) is 10.9 Å². The maximum atomic E-state index is 11.9. The van der Waals surface area contributed by atoms with Gasteiger partial charge in [-0.1, -0.05) is 29.8 Å². The number of rotatable bonds is 4. The van der Waals surface area contributed by atoms with Gasteiger partial charge in [0.25, 0.3) is 5.91 Å². The largest absolute Gasteiger partial charge is 0.329 e. The third-order valence-electron chi connectivity index (χ3n) is 3.34. The molecule has 0 saturated carbocycles. The van der Waals surface area contributed by atoms with E-state index in [0.717, 1.165) is 21.7 Å². The van der Waals surface area contributed by atoms with Crippen molar-refractivity contribution in [3.8, 4) is 11.3 Å². The van der Waals surface area contributed by atoms with Gasteiger partial charge >= 0.3 is 6.03 Å². The molecule has 3 rings (SSSR count). The molecule has 1 aromatic carbocycles. The summed E-state index contributed by atoms with van der Waals surface area (Å²) in [6, 6.07) is 7.35. The molecule has 0 bridgehead atoms. The third-order valence-corrected chi connectivity index (χ3v) is 4.09. The summed E-state index contributed by atoms with van der Waals surface area (Å²) in [5.74, 6) is -0.871. The highest BCUT2D eigenvalue weighted by molar-refractivity contribution is 7.14. The number of hydrogen-bond acceptors (Lipinski definition) is 5. The molecule has 118 valence electrons. The van der Waals surface area contributed by atoms with Crippen LogP contribution in [-0.2, 0) is 9.59 Å². The summed E-state index contributed by atoms with van der Waals surface area (Å²) in [6.45, 7) is 1.62. The predicted octanol–water partition coefficient (Wildman–Crippen LogP) is 1.61. The Labute approximate surface area is 136 Å². The number of aryl methyl sites for hydroxylation is 1. The van der Waals surface area contributed by atoms with E-state index in [2.05, 4.69) is 15.6 Å². The van der Waals surface area contributed by atoms with Crippen molar-refractivity contribution in [1.29, 1.82) is 0 Å². The van der Waals surface area contributed by atoms with Crippen molar-refractivity contribution in [2.24, 2.45) is 0 Å². The second-order valence-electron chi connectivity index (χ2n) is 5.09. The molecule has 8 heteroatoms. The van der Waals surface area contributed by atoms with Gasteiger partial charge in [0.1, 0.15) is 6.54 Å². The molecule has 0 atom stereocenters. The summed E-state index contributed by atoms with van der Waals surface area (Å²) in [4.78, 5) is 40.0. The molecule has 2 N–H and O–H groups in total. The van der Waals surface area contributed by atoms with Crippen LogP contribution in [0.5, 0.6) is 0 Å². The SMILES string of the molecule is Cc1ccc(-c2csc(NC(=O)CN3C(=O)CNC3=O)n2)cc1. The topological polar surface area (TPSA) is 91.4 Å². The van der Waals surface area contributed by atoms with Crippen LogP contribution in [0.2, 0.25) is 0 Å². The fourth-order valence-corrected chi connectivity index (χ4v) is 2.84. The number of thiazole rings is 1. The molecule has 0 aliphatic carbocycles. The van der Waals surface area contributed by atoms with Gasteiger partial charge < -0.3 is 10.6 Å². The predicted molar refractivity (Wildman–Crippen MR) is 86.0 cm³/mol. The normalized spacial score (nSPS) is 14.0. The van der Waals surface area contributed by atoms with Crippen LogP contribution in [0.4, 0.5) is 9.93 Å². The number of anilines is 1. The highest BCUT2D eigenvalue weighted by Crippen LogP contribution is 2.25. The zero-order valence-corrected chi connectivity index (χ0v) is 13.1. The average molecular weight is 330 g/mol. The first-order valence-electron chi connectivity index (χ1n) is 6.93. The van der Waals surface area contributed by atoms with Crippen molar-refractivity contribution in [1.82, 2.24) is 15.2 Å². The van der Waals surface area contributed by atoms with Crippen molar-refractivity contribution in [3.63, 3.8) is 0 Å². The second-order valence-corrected chi connectivity index (χ2v) is 5.95. The maximum absolute atomic E-state index is 11.9. The number of amides is 4. The Morgan fingerprint density at radius 3 is 2.74 bits per heavy atom. The lowest BCUT2D eigenvalue weighted by molar-refractivity contribution is -0.128. The second kappa shape index (κ2) is 6.17. The van der Waals surface area contributed by atoms with Crippen LogP contribution < -0.4 is 10.6 Å². The summed E-state index contributed by atoms with van der Waals surface area (Å²) < 4.78 is 0. The van der Waals surface area contributed by atoms with Crippen LogP contribution in [-0.4, -0.2) is 40.8 Å². The van der Waals surface area contributed by atoms with E-state index in [1.54, 1.807) is 0 Å². The van der Waals surface area contributed by atoms with E-state index >= 15 is 0 Å². The summed E-state index contributed by atoms with van der Waals surface area (Å²) in [5, 5.41) is 7.24. The Bertz CT molecular complexity index is 753. The van der Waals surface area contributed by atoms with Crippen LogP contribution in [0, 0.1) is 6.92 Å². The molecule has 1 saturated heterocycles. The molecular weight excluding hydrogens is 316 g/mol. The Morgan fingerprint density at radius 1 is 1.35 bits per heavy atom. The van der Waals surface area contributed by atoms with E-state index in [4.69, 9.17) is 0 Å². The van der Waals surface area contributed by atoms with Crippen molar-refractivity contribution in [3.05, 3.63) is 35.2 Å². The first-order valence-corrected chi connectivity index (χ1v) is 7.81. The molecule has 1 aliphatic rings. The minimum Gasteiger partial charge on any atom is -0.329 e. The summed E-state index contributed by atoms with van der Waals surface area (Å²) in [5.41, 5.74) is 2.88. The summed E-state index contributed by atoms with van der Waals surface area (Å²) in [6.07, 6.45) is 0. The van der Waals surface area contributed by atoms with Crippen molar-refractivity contribution in [2.45, 2.75) is 6.92 Å². The minimum atomic E-state index is -0.551. The lowest BCUT2D eigenvalue weighted by atomic mass is 10.1. The molecular formula is C15H14N4O3S. The van der Waals surface area contributed by atoms with Crippen molar-refractivity contribution in [2.75, 3.05) is 18.4 Å². The smallest absolute Gasteiger partial charge is 0.325 e. The molecule has 0 spiro atoms. The average Bonchev–Trinajstić information content (AvgIpc) is 3.10. The fourth-order valence-electron chi connectivity index (χ4n) is 2.11. The number of imide groups is 1. The van der Waals surface area contributed by atoms with Gasteiger partial charge in [0.05, 0.1) is 12.2 Å². The van der Waals surface area contributed by atoms with Crippen LogP contribution in [0.15, 0.2) is 29.6 Å². The quantitative estimate of drug-likeness (QED) is 0.833. The zero-order chi connectivity index (χ0) is 16.4. The van der Waals surface area contributed by atoms with E-state index in [1.807, 2.05) is 36.6 Å². The first-order chi connectivity index (χ1) is 11.0. The molecule has 0 radical (unpaired) electrons. The maximum Gasteiger partial charge on any atom is 0.325 e. The molecule has 23 heavy (non-hydrogen) atoms. The molecule has 7 nitrogen and oxygen atoms in total. The standard InChI is InChI=1S/C15H14N4O3S/c1-9-2-4-10(5-3-9)11-8-23-14(17-11)18-12(20)7-19-13(21)6-16-15(19)22/h2-5,8H,6-7H2,1H3,(H,16,22)(H,17,18,20). The number of benzene rings is 1. The van der Waals surface area contributed by atoms with Gasteiger partial charge in [-0.3, -0.25) is 14.5 Å². The van der Waals surface area contributed by atoms with E-state index in [1.165, 1.54) is 11.3 Å². The molecule has 1 fully saturated rings. The van der Waals surface area contributed by atoms with Crippen LogP contribution in [0.1, 0.15) is 5.56 Å². The summed E-state index contributed by atoms with van der Waals surface area (Å²) >= 11 is 1.29. The van der Waals surface area contributed by atoms with Gasteiger partial charge in [-0.15, -0.1) is 11.3 Å². The Morgan fingerprint density at radius 2 is 2.09 bits per heavy atom. The summed E-state index contributed by atoms with van der Waals surface area (Å²) in [7, 11) is 0. The number of carbonyl (C=O) groups excluding carboxylic acids is 3. The fraction of sp³-hybridized carbons (Fsp3) is 0.200. The number of nitrogens with zero attached hydrogens (tertiary/aromatic N) is 2. The zero-order valence-electron chi connectivity index (χ0n) is 12.3. The van der Waals surface area contributed by atoms with Gasteiger partial charge in [0.2, 0.25) is 5.91 Å². The Hall–Kier alpha value is -2.74. The lowest BCUT2D eigenvalue weighted by Crippen LogP contribution is -2.38. The minimum absolute atomic E-state index is 0.0685.